The van der Waals surface area contributed by atoms with Gasteiger partial charge in [-0.15, -0.1) is 0 Å². The topological polar surface area (TPSA) is 87.3 Å². The van der Waals surface area contributed by atoms with Crippen LogP contribution in [0.25, 0.3) is 0 Å². The zero-order valence-electron chi connectivity index (χ0n) is 17.3. The van der Waals surface area contributed by atoms with Crippen LogP contribution in [0.5, 0.6) is 0 Å². The predicted octanol–water partition coefficient (Wildman–Crippen LogP) is 2.52. The van der Waals surface area contributed by atoms with Crippen LogP contribution < -0.4 is 16.0 Å². The number of nitrogens with one attached hydrogen (secondary N) is 3. The highest BCUT2D eigenvalue weighted by Gasteiger charge is 2.14. The minimum atomic E-state index is -0.0543. The van der Waals surface area contributed by atoms with E-state index in [0.29, 0.717) is 37.4 Å². The number of amides is 2. The quantitative estimate of drug-likeness (QED) is 0.375. The van der Waals surface area contributed by atoms with E-state index >= 15 is 0 Å². The van der Waals surface area contributed by atoms with Gasteiger partial charge in [0.05, 0.1) is 11.8 Å². The Hall–Kier alpha value is -1.08. The van der Waals surface area contributed by atoms with Crippen LogP contribution in [0.15, 0.2) is 0 Å². The summed E-state index contributed by atoms with van der Waals surface area (Å²) in [6.07, 6.45) is 3.59. The number of ketones is 1. The van der Waals surface area contributed by atoms with E-state index in [9.17, 15) is 14.4 Å². The predicted molar refractivity (Wildman–Crippen MR) is 112 cm³/mol. The smallest absolute Gasteiger partial charge is 0.229 e. The summed E-state index contributed by atoms with van der Waals surface area (Å²) in [5.74, 6) is 1.34. The first-order valence-electron chi connectivity index (χ1n) is 9.92. The van der Waals surface area contributed by atoms with E-state index in [2.05, 4.69) is 16.0 Å². The van der Waals surface area contributed by atoms with Gasteiger partial charge >= 0.3 is 0 Å². The molecule has 0 aliphatic heterocycles. The van der Waals surface area contributed by atoms with Gasteiger partial charge in [0.2, 0.25) is 11.8 Å². The lowest BCUT2D eigenvalue weighted by atomic mass is 10.0. The molecule has 0 aliphatic carbocycles. The van der Waals surface area contributed by atoms with Gasteiger partial charge in [0.1, 0.15) is 5.78 Å². The molecule has 0 aromatic heterocycles. The van der Waals surface area contributed by atoms with E-state index in [1.165, 1.54) is 11.8 Å². The van der Waals surface area contributed by atoms with E-state index < -0.39 is 0 Å². The van der Waals surface area contributed by atoms with Crippen molar-refractivity contribution in [2.75, 3.05) is 31.1 Å². The average molecular weight is 390 g/mol. The molecule has 2 amide bonds. The van der Waals surface area contributed by atoms with Crippen LogP contribution in [0.3, 0.4) is 0 Å². The molecule has 0 saturated carbocycles. The summed E-state index contributed by atoms with van der Waals surface area (Å²) in [6.45, 7) is 11.8. The summed E-state index contributed by atoms with van der Waals surface area (Å²) in [5.41, 5.74) is 0. The normalized spacial score (nSPS) is 11.1. The van der Waals surface area contributed by atoms with Crippen LogP contribution >= 0.6 is 11.8 Å². The maximum atomic E-state index is 11.7. The Kier molecular flexibility index (Phi) is 21.1. The fourth-order valence-electron chi connectivity index (χ4n) is 2.24. The van der Waals surface area contributed by atoms with Crippen LogP contribution in [0.2, 0.25) is 0 Å². The van der Waals surface area contributed by atoms with Crippen molar-refractivity contribution in [3.05, 3.63) is 0 Å². The Bertz CT molecular complexity index is 379. The second kappa shape index (κ2) is 20.2. The molecule has 0 radical (unpaired) electrons. The highest BCUT2D eigenvalue weighted by Crippen LogP contribution is 2.05. The molecule has 0 spiro atoms. The monoisotopic (exact) mass is 389 g/mol. The van der Waals surface area contributed by atoms with Crippen molar-refractivity contribution < 1.29 is 14.4 Å². The Morgan fingerprint density at radius 3 is 2.19 bits per heavy atom. The van der Waals surface area contributed by atoms with E-state index in [4.69, 9.17) is 0 Å². The number of Topliss-reactive ketones (excluding diaryl/α,β-unsaturated/α-hetero) is 1. The van der Waals surface area contributed by atoms with E-state index in [-0.39, 0.29) is 23.6 Å². The van der Waals surface area contributed by atoms with Crippen molar-refractivity contribution in [3.63, 3.8) is 0 Å². The number of unbranched alkanes of at least 4 members (excludes halogenated alkanes) is 1. The molecule has 6 nitrogen and oxygen atoms in total. The third-order valence-corrected chi connectivity index (χ3v) is 4.47. The van der Waals surface area contributed by atoms with Crippen LogP contribution in [0.1, 0.15) is 66.7 Å². The molecule has 3 N–H and O–H groups in total. The number of carbonyl (C=O) groups is 3. The molecule has 26 heavy (non-hydrogen) atoms. The first-order valence-corrected chi connectivity index (χ1v) is 11.1. The van der Waals surface area contributed by atoms with Gasteiger partial charge in [-0.05, 0) is 32.7 Å². The molecule has 0 aromatic carbocycles. The summed E-state index contributed by atoms with van der Waals surface area (Å²) in [4.78, 5) is 34.7. The van der Waals surface area contributed by atoms with Crippen molar-refractivity contribution in [2.45, 2.75) is 72.8 Å². The molecule has 0 rings (SSSR count). The molecule has 154 valence electrons. The Balaban J connectivity index is 0. The lowest BCUT2D eigenvalue weighted by molar-refractivity contribution is -0.121. The molecule has 1 unspecified atom stereocenters. The fourth-order valence-corrected chi connectivity index (χ4v) is 3.00. The second-order valence-electron chi connectivity index (χ2n) is 5.53. The molecule has 0 aromatic rings. The number of carbonyl (C=O) groups excluding carboxylic acids is 3. The first kappa shape index (κ1) is 27.1. The number of likely N-dealkylation sites (N-methyl/N-ethyl adjacent to an activating group) is 1. The van der Waals surface area contributed by atoms with Crippen LogP contribution in [0.4, 0.5) is 0 Å². The summed E-state index contributed by atoms with van der Waals surface area (Å²) in [7, 11) is 0. The van der Waals surface area contributed by atoms with Gasteiger partial charge in [0, 0.05) is 31.7 Å². The SMILES string of the molecule is CC.CCNC(=O)CSCCC(=O)NCCCCC(NCC)C(=O)CC. The molecule has 0 bridgehead atoms. The molecule has 0 aliphatic rings. The highest BCUT2D eigenvalue weighted by molar-refractivity contribution is 7.99. The van der Waals surface area contributed by atoms with Gasteiger partial charge in [-0.3, -0.25) is 14.4 Å². The molecule has 0 saturated heterocycles. The van der Waals surface area contributed by atoms with Gasteiger partial charge in [-0.25, -0.2) is 0 Å². The third kappa shape index (κ3) is 16.4. The minimum Gasteiger partial charge on any atom is -0.356 e. The van der Waals surface area contributed by atoms with Crippen LogP contribution in [0, 0.1) is 0 Å². The zero-order valence-corrected chi connectivity index (χ0v) is 18.1. The number of hydrogen-bond acceptors (Lipinski definition) is 5. The maximum Gasteiger partial charge on any atom is 0.229 e. The third-order valence-electron chi connectivity index (χ3n) is 3.51. The molecular formula is C19H39N3O3S. The van der Waals surface area contributed by atoms with Crippen molar-refractivity contribution in [1.82, 2.24) is 16.0 Å². The molecule has 0 fully saturated rings. The number of hydrogen-bond donors (Lipinski definition) is 3. The maximum absolute atomic E-state index is 11.7. The Labute approximate surface area is 164 Å². The van der Waals surface area contributed by atoms with Gasteiger partial charge in [-0.1, -0.05) is 27.7 Å². The lowest BCUT2D eigenvalue weighted by Crippen LogP contribution is -2.36. The minimum absolute atomic E-state index is 0.0137. The summed E-state index contributed by atoms with van der Waals surface area (Å²) < 4.78 is 0. The van der Waals surface area contributed by atoms with Gasteiger partial charge in [-0.2, -0.15) is 11.8 Å². The van der Waals surface area contributed by atoms with Gasteiger partial charge in [0.15, 0.2) is 0 Å². The number of thioether (sulfide) groups is 1. The number of rotatable bonds is 15. The van der Waals surface area contributed by atoms with Crippen molar-refractivity contribution in [1.29, 1.82) is 0 Å². The van der Waals surface area contributed by atoms with Gasteiger partial charge in [0.25, 0.3) is 0 Å². The highest BCUT2D eigenvalue weighted by atomic mass is 32.2. The van der Waals surface area contributed by atoms with Crippen molar-refractivity contribution >= 4 is 29.4 Å². The molecular weight excluding hydrogens is 350 g/mol. The van der Waals surface area contributed by atoms with Crippen LogP contribution in [-0.4, -0.2) is 54.8 Å². The summed E-state index contributed by atoms with van der Waals surface area (Å²) >= 11 is 1.47. The van der Waals surface area contributed by atoms with E-state index in [1.807, 2.05) is 34.6 Å². The standard InChI is InChI=1S/C17H33N3O3S.C2H6/c1-4-15(21)14(18-5-2)9-7-8-11-20-16(22)10-12-24-13-17(23)19-6-3;1-2/h14,18H,4-13H2,1-3H3,(H,19,23)(H,20,22);1-2H3. The Morgan fingerprint density at radius 1 is 0.923 bits per heavy atom. The Morgan fingerprint density at radius 2 is 1.62 bits per heavy atom. The molecule has 7 heteroatoms. The largest absolute Gasteiger partial charge is 0.356 e. The summed E-state index contributed by atoms with van der Waals surface area (Å²) in [5, 5.41) is 8.82. The van der Waals surface area contributed by atoms with E-state index in [0.717, 1.165) is 25.8 Å². The fraction of sp³-hybridized carbons (Fsp3) is 0.842. The van der Waals surface area contributed by atoms with E-state index in [1.54, 1.807) is 0 Å². The molecule has 1 atom stereocenters. The lowest BCUT2D eigenvalue weighted by Gasteiger charge is -2.15. The average Bonchev–Trinajstić information content (AvgIpc) is 2.65. The van der Waals surface area contributed by atoms with Gasteiger partial charge < -0.3 is 16.0 Å². The summed E-state index contributed by atoms with van der Waals surface area (Å²) in [6, 6.07) is -0.0543. The van der Waals surface area contributed by atoms with Crippen molar-refractivity contribution in [3.8, 4) is 0 Å². The zero-order chi connectivity index (χ0) is 20.2. The second-order valence-corrected chi connectivity index (χ2v) is 6.64. The first-order chi connectivity index (χ1) is 12.5. The van der Waals surface area contributed by atoms with Crippen molar-refractivity contribution in [2.24, 2.45) is 0 Å². The molecule has 0 heterocycles. The van der Waals surface area contributed by atoms with Crippen LogP contribution in [-0.2, 0) is 14.4 Å².